The molecule has 0 bridgehead atoms. The van der Waals surface area contributed by atoms with E-state index in [0.717, 1.165) is 89.3 Å². The van der Waals surface area contributed by atoms with Crippen molar-refractivity contribution in [2.24, 2.45) is 56.7 Å². The zero-order valence-electron chi connectivity index (χ0n) is 46.3. The number of alkyl carbamates (subject to hydrolysis) is 1. The zero-order valence-corrected chi connectivity index (χ0v) is 48.0. The maximum Gasteiger partial charge on any atom is 0.406 e. The number of nitrogens with zero attached hydrogens (tertiary/aromatic N) is 12. The highest BCUT2D eigenvalue weighted by Gasteiger charge is 2.11. The fraction of sp³-hybridized carbons (Fsp3) is 0.918. The average Bonchev–Trinajstić information content (AvgIpc) is 3.97. The van der Waals surface area contributed by atoms with Gasteiger partial charge in [-0.2, -0.15) is 0 Å². The number of nitrogens with one attached hydrogen (secondary N) is 1. The van der Waals surface area contributed by atoms with Gasteiger partial charge >= 0.3 is 6.09 Å². The molecule has 1 amide bonds. The van der Waals surface area contributed by atoms with Crippen molar-refractivity contribution in [2.75, 3.05) is 25.2 Å². The molecule has 67 heavy (non-hydrogen) atoms. The molecule has 18 heteroatoms. The molecule has 0 radical (unpaired) electrons. The number of methoxy groups -OCH3 is 1. The van der Waals surface area contributed by atoms with Crippen molar-refractivity contribution in [3.8, 4) is 0 Å². The molecule has 0 aliphatic rings. The fourth-order valence-corrected chi connectivity index (χ4v) is 7.41. The molecule has 3 aromatic heterocycles. The number of aryl methyl sites for hydroxylation is 4. The largest absolute Gasteiger partial charge is 0.453 e. The number of hydrogen-bond donors (Lipinski definition) is 2. The lowest BCUT2D eigenvalue weighted by Gasteiger charge is -2.16. The van der Waals surface area contributed by atoms with Crippen LogP contribution in [0.5, 0.6) is 0 Å². The summed E-state index contributed by atoms with van der Waals surface area (Å²) in [6.45, 7) is 33.5. The van der Waals surface area contributed by atoms with E-state index in [1.165, 1.54) is 77.7 Å². The standard InChI is InChI=1S/C9H18N4S.C9H18N4.C9H20O.C8H16N4S.C8H17NO2.C6H14/c1-8(2)6-4-5-7-14-9-10-11-12-13(9)3;1-8(2)6-4-5-7-9-10-11-12-13(9)3;1-8(2)6-5-7-9(3,4)10;1-7(2)5-4-6-13-8-9-10-11-12(8)3;1-7(2)5-4-6-9-8(10)11-3;1-4-5-6(2)3/h8H,4-7H2,1-3H3;8H,4-7H2,1-3H3;8,10H,5-7H2,1-4H3;7H,4-6H2,1-3H3;7H,4-6H2,1-3H3,(H,9,10);6H,4-5H2,1-3H3. The molecule has 0 aliphatic heterocycles. The molecule has 0 aliphatic carbocycles. The minimum atomic E-state index is -0.463. The molecule has 0 saturated carbocycles. The molecule has 3 heterocycles. The SMILES string of the molecule is CC(C)CCCC(C)(C)O.CC(C)CCCCSc1nnnn1C.CC(C)CCCCc1nnnn1C.CC(C)CCCSc1nnnn1C.CCCC(C)C.COC(=O)NCCCC(C)C. The van der Waals surface area contributed by atoms with Crippen LogP contribution >= 0.6 is 23.5 Å². The second kappa shape index (κ2) is 44.4. The summed E-state index contributed by atoms with van der Waals surface area (Å²) in [4.78, 5) is 10.5. The first-order valence-electron chi connectivity index (χ1n) is 25.4. The van der Waals surface area contributed by atoms with Crippen LogP contribution in [0.1, 0.15) is 206 Å². The van der Waals surface area contributed by atoms with Crippen molar-refractivity contribution in [1.82, 2.24) is 65.9 Å². The van der Waals surface area contributed by atoms with Crippen LogP contribution in [0.2, 0.25) is 0 Å². The van der Waals surface area contributed by atoms with Crippen molar-refractivity contribution < 1.29 is 14.6 Å². The summed E-state index contributed by atoms with van der Waals surface area (Å²) >= 11 is 3.45. The van der Waals surface area contributed by atoms with Gasteiger partial charge in [0.1, 0.15) is 0 Å². The molecule has 0 spiro atoms. The first kappa shape index (κ1) is 68.4. The fourth-order valence-electron chi connectivity index (χ4n) is 5.75. The zero-order chi connectivity index (χ0) is 51.6. The van der Waals surface area contributed by atoms with Gasteiger partial charge < -0.3 is 15.2 Å². The Morgan fingerprint density at radius 3 is 1.36 bits per heavy atom. The molecule has 0 saturated heterocycles. The third kappa shape index (κ3) is 50.8. The van der Waals surface area contributed by atoms with E-state index in [-0.39, 0.29) is 6.09 Å². The Morgan fingerprint density at radius 2 is 0.985 bits per heavy atom. The Kier molecular flexibility index (Phi) is 45.3. The van der Waals surface area contributed by atoms with Gasteiger partial charge in [0, 0.05) is 45.6 Å². The third-order valence-corrected chi connectivity index (χ3v) is 11.9. The van der Waals surface area contributed by atoms with Gasteiger partial charge in [-0.1, -0.05) is 171 Å². The van der Waals surface area contributed by atoms with E-state index < -0.39 is 5.60 Å². The van der Waals surface area contributed by atoms with Crippen LogP contribution in [0.4, 0.5) is 4.79 Å². The van der Waals surface area contributed by atoms with Crippen LogP contribution < -0.4 is 5.32 Å². The quantitative estimate of drug-likeness (QED) is 0.0571. The maximum absolute atomic E-state index is 10.5. The predicted octanol–water partition coefficient (Wildman–Crippen LogP) is 12.3. The predicted molar refractivity (Wildman–Crippen MR) is 282 cm³/mol. The van der Waals surface area contributed by atoms with Gasteiger partial charge in [0.2, 0.25) is 10.3 Å². The number of carbonyl (C=O) groups excluding carboxylic acids is 1. The van der Waals surface area contributed by atoms with Crippen molar-refractivity contribution in [2.45, 2.75) is 223 Å². The number of thioether (sulfide) groups is 2. The van der Waals surface area contributed by atoms with Crippen LogP contribution in [0.15, 0.2) is 10.3 Å². The van der Waals surface area contributed by atoms with E-state index in [1.54, 1.807) is 37.6 Å². The molecule has 0 aromatic carbocycles. The molecule has 0 unspecified atom stereocenters. The van der Waals surface area contributed by atoms with E-state index in [0.29, 0.717) is 12.5 Å². The summed E-state index contributed by atoms with van der Waals surface area (Å²) in [7, 11) is 7.00. The Hall–Kier alpha value is -2.86. The average molecular weight is 987 g/mol. The first-order valence-corrected chi connectivity index (χ1v) is 27.4. The molecule has 394 valence electrons. The van der Waals surface area contributed by atoms with Crippen molar-refractivity contribution in [1.29, 1.82) is 0 Å². The minimum absolute atomic E-state index is 0.339. The van der Waals surface area contributed by atoms with E-state index >= 15 is 0 Å². The van der Waals surface area contributed by atoms with Crippen molar-refractivity contribution >= 4 is 29.6 Å². The number of ether oxygens (including phenoxy) is 1. The summed E-state index contributed by atoms with van der Waals surface area (Å²) in [5.74, 6) is 7.98. The highest BCUT2D eigenvalue weighted by atomic mass is 32.2. The van der Waals surface area contributed by atoms with Gasteiger partial charge in [0.25, 0.3) is 0 Å². The number of carbonyl (C=O) groups is 1. The Bertz CT molecular complexity index is 1450. The van der Waals surface area contributed by atoms with Crippen LogP contribution in [0.3, 0.4) is 0 Å². The number of unbranched alkanes of at least 4 members (excludes halogenated alkanes) is 2. The number of hydrogen-bond acceptors (Lipinski definition) is 14. The van der Waals surface area contributed by atoms with Gasteiger partial charge in [-0.15, -0.1) is 15.3 Å². The number of rotatable bonds is 26. The van der Waals surface area contributed by atoms with Crippen LogP contribution in [0, 0.1) is 35.5 Å². The molecule has 0 fully saturated rings. The summed E-state index contributed by atoms with van der Waals surface area (Å²) in [6, 6.07) is 0. The van der Waals surface area contributed by atoms with Gasteiger partial charge in [-0.3, -0.25) is 0 Å². The first-order chi connectivity index (χ1) is 31.4. The number of aromatic nitrogens is 12. The number of tetrazole rings is 3. The summed E-state index contributed by atoms with van der Waals surface area (Å²) < 4.78 is 9.58. The second-order valence-corrected chi connectivity index (χ2v) is 22.5. The van der Waals surface area contributed by atoms with Gasteiger partial charge in [0.05, 0.1) is 12.7 Å². The van der Waals surface area contributed by atoms with E-state index in [9.17, 15) is 9.90 Å². The van der Waals surface area contributed by atoms with Crippen molar-refractivity contribution in [3.05, 3.63) is 5.82 Å². The smallest absolute Gasteiger partial charge is 0.406 e. The van der Waals surface area contributed by atoms with Crippen LogP contribution in [-0.4, -0.2) is 103 Å². The highest BCUT2D eigenvalue weighted by molar-refractivity contribution is 7.99. The lowest BCUT2D eigenvalue weighted by molar-refractivity contribution is 0.0672. The molecule has 3 rings (SSSR count). The molecule has 2 N–H and O–H groups in total. The second-order valence-electron chi connectivity index (χ2n) is 20.4. The molecular weight excluding hydrogens is 883 g/mol. The molecular formula is C49H103N13O3S2. The molecule has 0 atom stereocenters. The lowest BCUT2D eigenvalue weighted by atomic mass is 9.98. The van der Waals surface area contributed by atoms with Gasteiger partial charge in [-0.25, -0.2) is 18.8 Å². The number of aliphatic hydroxyl groups is 1. The van der Waals surface area contributed by atoms with E-state index in [1.807, 2.05) is 35.0 Å². The Morgan fingerprint density at radius 1 is 0.582 bits per heavy atom. The monoisotopic (exact) mass is 986 g/mol. The number of amides is 1. The summed E-state index contributed by atoms with van der Waals surface area (Å²) in [5, 5.41) is 47.6. The minimum Gasteiger partial charge on any atom is -0.453 e. The van der Waals surface area contributed by atoms with Gasteiger partial charge in [-0.05, 0) is 119 Å². The lowest BCUT2D eigenvalue weighted by Crippen LogP contribution is -2.24. The Labute approximate surface area is 418 Å². The van der Waals surface area contributed by atoms with Crippen LogP contribution in [0.25, 0.3) is 0 Å². The maximum atomic E-state index is 10.5. The van der Waals surface area contributed by atoms with Crippen LogP contribution in [-0.2, 0) is 32.3 Å². The molecule has 3 aromatic rings. The third-order valence-electron chi connectivity index (χ3n) is 9.72. The van der Waals surface area contributed by atoms with Gasteiger partial charge in [0.15, 0.2) is 5.82 Å². The molecule has 16 nitrogen and oxygen atoms in total. The Balaban J connectivity index is -0.000000745. The van der Waals surface area contributed by atoms with Crippen molar-refractivity contribution in [3.63, 3.8) is 0 Å². The highest BCUT2D eigenvalue weighted by Crippen LogP contribution is 2.18. The normalized spacial score (nSPS) is 11.0. The van der Waals surface area contributed by atoms with E-state index in [4.69, 9.17) is 0 Å². The summed E-state index contributed by atoms with van der Waals surface area (Å²) in [5.41, 5.74) is -0.463. The topological polar surface area (TPSA) is 189 Å². The van der Waals surface area contributed by atoms with E-state index in [2.05, 4.69) is 147 Å². The summed E-state index contributed by atoms with van der Waals surface area (Å²) in [6.07, 6.45) is 18.9.